The van der Waals surface area contributed by atoms with Gasteiger partial charge in [0.1, 0.15) is 0 Å². The first-order valence-corrected chi connectivity index (χ1v) is 7.61. The molecule has 102 valence electrons. The number of hydrogen-bond donors (Lipinski definition) is 1. The van der Waals surface area contributed by atoms with Crippen molar-refractivity contribution < 1.29 is 5.11 Å². The Labute approximate surface area is 119 Å². The topological polar surface area (TPSA) is 20.2 Å². The lowest BCUT2D eigenvalue weighted by atomic mass is 9.87. The zero-order valence-electron chi connectivity index (χ0n) is 12.2. The Morgan fingerprint density at radius 3 is 2.42 bits per heavy atom. The van der Waals surface area contributed by atoms with E-state index in [1.54, 1.807) is 11.3 Å². The summed E-state index contributed by atoms with van der Waals surface area (Å²) >= 11 is 1.80. The maximum absolute atomic E-state index is 10.8. The number of thiophene rings is 1. The third kappa shape index (κ3) is 3.26. The summed E-state index contributed by atoms with van der Waals surface area (Å²) in [5.41, 5.74) is 2.59. The summed E-state index contributed by atoms with van der Waals surface area (Å²) in [5, 5.41) is 10.8. The van der Waals surface area contributed by atoms with Crippen LogP contribution in [0.25, 0.3) is 0 Å². The van der Waals surface area contributed by atoms with Crippen molar-refractivity contribution in [1.82, 2.24) is 0 Å². The third-order valence-corrected chi connectivity index (χ3v) is 4.79. The van der Waals surface area contributed by atoms with E-state index in [2.05, 4.69) is 51.1 Å². The Balaban J connectivity index is 2.28. The van der Waals surface area contributed by atoms with Crippen LogP contribution in [0, 0.1) is 13.8 Å². The molecule has 0 aliphatic carbocycles. The van der Waals surface area contributed by atoms with Gasteiger partial charge < -0.3 is 5.11 Å². The fraction of sp³-hybridized carbons (Fsp3) is 0.412. The highest BCUT2D eigenvalue weighted by atomic mass is 32.1. The molecule has 0 saturated heterocycles. The molecule has 0 spiro atoms. The van der Waals surface area contributed by atoms with Gasteiger partial charge in [0.2, 0.25) is 0 Å². The molecule has 1 heterocycles. The molecule has 0 radical (unpaired) electrons. The van der Waals surface area contributed by atoms with Crippen LogP contribution in [0.2, 0.25) is 0 Å². The van der Waals surface area contributed by atoms with E-state index in [1.807, 2.05) is 6.92 Å². The largest absolute Gasteiger partial charge is 0.385 e. The lowest BCUT2D eigenvalue weighted by Crippen LogP contribution is -2.25. The molecule has 1 N–H and O–H groups in total. The smallest absolute Gasteiger partial charge is 0.0919 e. The highest BCUT2D eigenvalue weighted by Gasteiger charge is 2.26. The van der Waals surface area contributed by atoms with Crippen LogP contribution in [0.15, 0.2) is 30.3 Å². The zero-order chi connectivity index (χ0) is 14.0. The highest BCUT2D eigenvalue weighted by Crippen LogP contribution is 2.31. The van der Waals surface area contributed by atoms with E-state index in [9.17, 15) is 5.11 Å². The molecular formula is C17H22OS. The summed E-state index contributed by atoms with van der Waals surface area (Å²) in [6.07, 6.45) is 1.75. The Kier molecular flexibility index (Phi) is 4.12. The summed E-state index contributed by atoms with van der Waals surface area (Å²) in [7, 11) is 0. The van der Waals surface area contributed by atoms with Gasteiger partial charge in [-0.1, -0.05) is 30.7 Å². The first-order chi connectivity index (χ1) is 8.92. The Morgan fingerprint density at radius 1 is 1.11 bits per heavy atom. The summed E-state index contributed by atoms with van der Waals surface area (Å²) in [5.74, 6) is 0. The molecule has 2 aromatic rings. The van der Waals surface area contributed by atoms with Crippen molar-refractivity contribution in [2.75, 3.05) is 0 Å². The number of rotatable bonds is 4. The van der Waals surface area contributed by atoms with Crippen molar-refractivity contribution in [3.63, 3.8) is 0 Å². The molecule has 1 aromatic heterocycles. The molecule has 1 unspecified atom stereocenters. The molecule has 0 fully saturated rings. The normalized spacial score (nSPS) is 14.4. The second kappa shape index (κ2) is 5.48. The van der Waals surface area contributed by atoms with Gasteiger partial charge >= 0.3 is 0 Å². The molecule has 0 bridgehead atoms. The average molecular weight is 274 g/mol. The van der Waals surface area contributed by atoms with E-state index in [0.717, 1.165) is 17.5 Å². The summed E-state index contributed by atoms with van der Waals surface area (Å²) in [6.45, 7) is 8.22. The molecule has 1 nitrogen and oxygen atoms in total. The standard InChI is InChI=1S/C17H22OS/c1-5-14-8-9-15(19-14)11-17(4,18)16-10-12(2)6-7-13(16)3/h6-10,18H,5,11H2,1-4H3. The molecular weight excluding hydrogens is 252 g/mol. The van der Waals surface area contributed by atoms with Gasteiger partial charge in [-0.05, 0) is 50.5 Å². The summed E-state index contributed by atoms with van der Waals surface area (Å²) in [6, 6.07) is 10.6. The molecule has 0 aliphatic rings. The Bertz CT molecular complexity index is 566. The zero-order valence-corrected chi connectivity index (χ0v) is 13.0. The van der Waals surface area contributed by atoms with Gasteiger partial charge in [0.05, 0.1) is 5.60 Å². The predicted octanol–water partition coefficient (Wildman–Crippen LogP) is 4.38. The fourth-order valence-corrected chi connectivity index (χ4v) is 3.56. The van der Waals surface area contributed by atoms with E-state index in [-0.39, 0.29) is 0 Å². The van der Waals surface area contributed by atoms with Crippen molar-refractivity contribution in [2.24, 2.45) is 0 Å². The molecule has 1 atom stereocenters. The van der Waals surface area contributed by atoms with E-state index in [1.165, 1.54) is 15.3 Å². The fourth-order valence-electron chi connectivity index (χ4n) is 2.46. The molecule has 0 amide bonds. The van der Waals surface area contributed by atoms with Crippen LogP contribution >= 0.6 is 11.3 Å². The van der Waals surface area contributed by atoms with Gasteiger partial charge in [-0.2, -0.15) is 0 Å². The van der Waals surface area contributed by atoms with Crippen molar-refractivity contribution in [1.29, 1.82) is 0 Å². The molecule has 2 heteroatoms. The second-order valence-corrected chi connectivity index (χ2v) is 6.74. The first kappa shape index (κ1) is 14.3. The van der Waals surface area contributed by atoms with Crippen LogP contribution in [-0.4, -0.2) is 5.11 Å². The quantitative estimate of drug-likeness (QED) is 0.877. The van der Waals surface area contributed by atoms with E-state index >= 15 is 0 Å². The number of aliphatic hydroxyl groups is 1. The first-order valence-electron chi connectivity index (χ1n) is 6.80. The van der Waals surface area contributed by atoms with Gasteiger partial charge in [0.15, 0.2) is 0 Å². The minimum Gasteiger partial charge on any atom is -0.385 e. The van der Waals surface area contributed by atoms with Gasteiger partial charge in [0.25, 0.3) is 0 Å². The SMILES string of the molecule is CCc1ccc(CC(C)(O)c2cc(C)ccc2C)s1. The number of aryl methyl sites for hydroxylation is 3. The molecule has 1 aromatic carbocycles. The summed E-state index contributed by atoms with van der Waals surface area (Å²) < 4.78 is 0. The number of benzene rings is 1. The average Bonchev–Trinajstić information content (AvgIpc) is 2.79. The second-order valence-electron chi connectivity index (χ2n) is 5.49. The van der Waals surface area contributed by atoms with Gasteiger partial charge in [-0.25, -0.2) is 0 Å². The number of hydrogen-bond acceptors (Lipinski definition) is 2. The third-order valence-electron chi connectivity index (χ3n) is 3.56. The minimum atomic E-state index is -0.800. The van der Waals surface area contributed by atoms with Crippen LogP contribution in [0.3, 0.4) is 0 Å². The molecule has 0 aliphatic heterocycles. The van der Waals surface area contributed by atoms with E-state index < -0.39 is 5.60 Å². The van der Waals surface area contributed by atoms with Crippen molar-refractivity contribution in [3.05, 3.63) is 56.8 Å². The predicted molar refractivity (Wildman–Crippen MR) is 82.9 cm³/mol. The van der Waals surface area contributed by atoms with Gasteiger partial charge in [-0.15, -0.1) is 11.3 Å². The van der Waals surface area contributed by atoms with Gasteiger partial charge in [-0.3, -0.25) is 0 Å². The minimum absolute atomic E-state index is 0.683. The lowest BCUT2D eigenvalue weighted by molar-refractivity contribution is 0.0578. The van der Waals surface area contributed by atoms with Crippen LogP contribution < -0.4 is 0 Å². The van der Waals surface area contributed by atoms with E-state index in [0.29, 0.717) is 6.42 Å². The van der Waals surface area contributed by atoms with Crippen molar-refractivity contribution in [3.8, 4) is 0 Å². The lowest BCUT2D eigenvalue weighted by Gasteiger charge is -2.25. The van der Waals surface area contributed by atoms with E-state index in [4.69, 9.17) is 0 Å². The maximum atomic E-state index is 10.8. The van der Waals surface area contributed by atoms with Crippen LogP contribution in [-0.2, 0) is 18.4 Å². The van der Waals surface area contributed by atoms with Crippen LogP contribution in [0.5, 0.6) is 0 Å². The van der Waals surface area contributed by atoms with Crippen molar-refractivity contribution in [2.45, 2.75) is 46.1 Å². The highest BCUT2D eigenvalue weighted by molar-refractivity contribution is 7.12. The molecule has 19 heavy (non-hydrogen) atoms. The Hall–Kier alpha value is -1.12. The molecule has 2 rings (SSSR count). The Morgan fingerprint density at radius 2 is 1.79 bits per heavy atom. The molecule has 0 saturated carbocycles. The summed E-state index contributed by atoms with van der Waals surface area (Å²) in [4.78, 5) is 2.63. The van der Waals surface area contributed by atoms with Crippen LogP contribution in [0.4, 0.5) is 0 Å². The monoisotopic (exact) mass is 274 g/mol. The maximum Gasteiger partial charge on any atom is 0.0919 e. The van der Waals surface area contributed by atoms with Crippen molar-refractivity contribution >= 4 is 11.3 Å². The van der Waals surface area contributed by atoms with Gasteiger partial charge in [0, 0.05) is 16.2 Å². The van der Waals surface area contributed by atoms with Crippen LogP contribution in [0.1, 0.15) is 40.3 Å².